The maximum absolute atomic E-state index is 13.5. The van der Waals surface area contributed by atoms with E-state index in [0.717, 1.165) is 0 Å². The van der Waals surface area contributed by atoms with E-state index >= 15 is 0 Å². The highest BCUT2D eigenvalue weighted by Crippen LogP contribution is 2.11. The number of carboxylic acids is 1. The van der Waals surface area contributed by atoms with Gasteiger partial charge in [0.05, 0.1) is 19.1 Å². The molecule has 0 aliphatic rings. The molecule has 0 aromatic heterocycles. The summed E-state index contributed by atoms with van der Waals surface area (Å²) < 4.78 is 0. The molecule has 21 N–H and O–H groups in total. The van der Waals surface area contributed by atoms with Gasteiger partial charge in [0.25, 0.3) is 0 Å². The van der Waals surface area contributed by atoms with Gasteiger partial charge in [-0.25, -0.2) is 4.79 Å². The van der Waals surface area contributed by atoms with E-state index in [9.17, 15) is 39.0 Å². The topological polar surface area (TPSA) is 422 Å². The first-order valence-corrected chi connectivity index (χ1v) is 16.8. The van der Waals surface area contributed by atoms with Crippen LogP contribution in [0.5, 0.6) is 5.75 Å². The van der Waals surface area contributed by atoms with Crippen LogP contribution in [0.2, 0.25) is 0 Å². The number of phenolic OH excluding ortho intramolecular Hbond substituents is 1. The number of aromatic hydroxyl groups is 1. The van der Waals surface area contributed by atoms with Gasteiger partial charge >= 0.3 is 5.97 Å². The van der Waals surface area contributed by atoms with Crippen molar-refractivity contribution in [1.29, 1.82) is 0 Å². The van der Waals surface area contributed by atoms with Crippen LogP contribution in [0.15, 0.2) is 39.2 Å². The van der Waals surface area contributed by atoms with Crippen LogP contribution < -0.4 is 66.7 Å². The Labute approximate surface area is 311 Å². The minimum atomic E-state index is -1.30. The number of hydrogen-bond donors (Lipinski definition) is 14. The Bertz CT molecular complexity index is 1490. The molecule has 0 unspecified atom stereocenters. The molecule has 0 bridgehead atoms. The molecule has 5 amide bonds. The Morgan fingerprint density at radius 1 is 0.593 bits per heavy atom. The summed E-state index contributed by atoms with van der Waals surface area (Å²) in [6, 6.07) is 1.31. The van der Waals surface area contributed by atoms with Gasteiger partial charge in [0.1, 0.15) is 23.9 Å². The fourth-order valence-electron chi connectivity index (χ4n) is 4.61. The van der Waals surface area contributed by atoms with Crippen LogP contribution in [0.1, 0.15) is 44.1 Å². The molecule has 23 heteroatoms. The van der Waals surface area contributed by atoms with Gasteiger partial charge in [0.2, 0.25) is 29.5 Å². The molecule has 1 rings (SSSR count). The van der Waals surface area contributed by atoms with Crippen LogP contribution in [-0.2, 0) is 35.2 Å². The van der Waals surface area contributed by atoms with E-state index in [1.807, 2.05) is 0 Å². The highest BCUT2D eigenvalue weighted by molar-refractivity contribution is 5.94. The molecule has 0 aliphatic heterocycles. The molecular formula is C31H53N15O8. The second-order valence-electron chi connectivity index (χ2n) is 11.9. The number of nitrogens with two attached hydrogens (primary N) is 7. The van der Waals surface area contributed by atoms with Gasteiger partial charge in [-0.3, -0.25) is 38.9 Å². The van der Waals surface area contributed by atoms with Crippen LogP contribution in [0.4, 0.5) is 0 Å². The first-order chi connectivity index (χ1) is 25.5. The Kier molecular flexibility index (Phi) is 20.9. The van der Waals surface area contributed by atoms with Gasteiger partial charge in [-0.15, -0.1) is 0 Å². The third-order valence-electron chi connectivity index (χ3n) is 7.33. The normalized spacial score (nSPS) is 12.7. The summed E-state index contributed by atoms with van der Waals surface area (Å²) in [6.07, 6.45) is 0.901. The first kappa shape index (κ1) is 45.6. The number of benzene rings is 1. The second-order valence-corrected chi connectivity index (χ2v) is 11.9. The summed E-state index contributed by atoms with van der Waals surface area (Å²) in [4.78, 5) is 87.6. The van der Waals surface area contributed by atoms with Crippen LogP contribution in [0.25, 0.3) is 0 Å². The maximum atomic E-state index is 13.5. The Morgan fingerprint density at radius 3 is 1.52 bits per heavy atom. The molecule has 0 heterocycles. The predicted octanol–water partition coefficient (Wildman–Crippen LogP) is -5.81. The number of hydrogen-bond acceptors (Lipinski definition) is 11. The SMILES string of the molecule is NC(N)=NCCC[C@H](NC(=O)CNC(=O)CNC(=O)[C@H](CCCN=C(N)N)NC(=O)[C@H](CCCN=C(N)N)NC(=O)[C@@H](N)Cc1ccc(O)cc1)C(=O)O. The summed E-state index contributed by atoms with van der Waals surface area (Å²) in [5, 5.41) is 31.0. The largest absolute Gasteiger partial charge is 0.508 e. The molecule has 1 aromatic carbocycles. The molecule has 4 atom stereocenters. The van der Waals surface area contributed by atoms with Crippen LogP contribution >= 0.6 is 0 Å². The lowest BCUT2D eigenvalue weighted by atomic mass is 10.0. The number of aliphatic imine (C=N–C) groups is 3. The van der Waals surface area contributed by atoms with E-state index in [0.29, 0.717) is 5.56 Å². The summed E-state index contributed by atoms with van der Waals surface area (Å²) in [6.45, 7) is -0.820. The van der Waals surface area contributed by atoms with E-state index in [1.165, 1.54) is 12.1 Å². The predicted molar refractivity (Wildman–Crippen MR) is 199 cm³/mol. The highest BCUT2D eigenvalue weighted by Gasteiger charge is 2.28. The van der Waals surface area contributed by atoms with Crippen LogP contribution in [0, 0.1) is 0 Å². The van der Waals surface area contributed by atoms with Crippen molar-refractivity contribution in [1.82, 2.24) is 26.6 Å². The number of phenols is 1. The van der Waals surface area contributed by atoms with E-state index in [1.54, 1.807) is 12.1 Å². The van der Waals surface area contributed by atoms with Crippen LogP contribution in [-0.4, -0.2) is 120 Å². The summed E-state index contributed by atoms with van der Waals surface area (Å²) in [5.41, 5.74) is 38.8. The van der Waals surface area contributed by atoms with Crippen molar-refractivity contribution in [2.75, 3.05) is 32.7 Å². The zero-order chi connectivity index (χ0) is 40.6. The van der Waals surface area contributed by atoms with Crippen molar-refractivity contribution in [2.45, 2.75) is 69.1 Å². The Balaban J connectivity index is 2.93. The number of guanidine groups is 3. The molecule has 0 spiro atoms. The number of carboxylic acid groups (broad SMARTS) is 1. The minimum Gasteiger partial charge on any atom is -0.508 e. The molecular weight excluding hydrogens is 710 g/mol. The average Bonchev–Trinajstić information content (AvgIpc) is 3.10. The monoisotopic (exact) mass is 763 g/mol. The lowest BCUT2D eigenvalue weighted by Gasteiger charge is -2.24. The lowest BCUT2D eigenvalue weighted by molar-refractivity contribution is -0.142. The summed E-state index contributed by atoms with van der Waals surface area (Å²) in [7, 11) is 0. The lowest BCUT2D eigenvalue weighted by Crippen LogP contribution is -2.56. The van der Waals surface area contributed by atoms with Crippen LogP contribution in [0.3, 0.4) is 0 Å². The molecule has 0 saturated carbocycles. The fourth-order valence-corrected chi connectivity index (χ4v) is 4.61. The Morgan fingerprint density at radius 2 is 1.04 bits per heavy atom. The maximum Gasteiger partial charge on any atom is 0.326 e. The number of carbonyl (C=O) groups is 6. The third kappa shape index (κ3) is 20.5. The molecule has 0 fully saturated rings. The molecule has 1 aromatic rings. The zero-order valence-electron chi connectivity index (χ0n) is 29.8. The van der Waals surface area contributed by atoms with Crippen molar-refractivity contribution in [2.24, 2.45) is 55.1 Å². The van der Waals surface area contributed by atoms with Crippen molar-refractivity contribution in [3.63, 3.8) is 0 Å². The highest BCUT2D eigenvalue weighted by atomic mass is 16.4. The molecule has 0 aliphatic carbocycles. The van der Waals surface area contributed by atoms with Gasteiger partial charge in [-0.05, 0) is 62.6 Å². The van der Waals surface area contributed by atoms with E-state index in [-0.39, 0.29) is 88.2 Å². The molecule has 23 nitrogen and oxygen atoms in total. The van der Waals surface area contributed by atoms with Crippen molar-refractivity contribution in [3.8, 4) is 5.75 Å². The minimum absolute atomic E-state index is 0.00712. The number of nitrogens with zero attached hydrogens (tertiary/aromatic N) is 3. The molecule has 54 heavy (non-hydrogen) atoms. The van der Waals surface area contributed by atoms with E-state index in [2.05, 4.69) is 41.6 Å². The molecule has 0 radical (unpaired) electrons. The number of carbonyl (C=O) groups excluding carboxylic acids is 5. The third-order valence-corrected chi connectivity index (χ3v) is 7.33. The van der Waals surface area contributed by atoms with Gasteiger partial charge in [-0.2, -0.15) is 0 Å². The number of nitrogens with one attached hydrogen (secondary N) is 5. The first-order valence-electron chi connectivity index (χ1n) is 16.8. The zero-order valence-corrected chi connectivity index (χ0v) is 29.8. The average molecular weight is 764 g/mol. The Hall–Kier alpha value is -6.39. The molecule has 0 saturated heterocycles. The second kappa shape index (κ2) is 24.7. The quantitative estimate of drug-likeness (QED) is 0.0251. The molecule has 300 valence electrons. The smallest absolute Gasteiger partial charge is 0.326 e. The van der Waals surface area contributed by atoms with Gasteiger partial charge in [0, 0.05) is 19.6 Å². The number of amides is 5. The van der Waals surface area contributed by atoms with Crippen molar-refractivity contribution in [3.05, 3.63) is 29.8 Å². The van der Waals surface area contributed by atoms with Gasteiger partial charge in [0.15, 0.2) is 17.9 Å². The van der Waals surface area contributed by atoms with Gasteiger partial charge in [-0.1, -0.05) is 12.1 Å². The standard InChI is InChI=1S/C31H53N15O8/c32-19(14-17-7-9-18(47)10-8-17)25(50)45-21(5-2-12-40-30(35)36)27(52)46-20(4-1-11-39-29(33)34)26(51)43-15-23(48)42-16-24(49)44-22(28(53)54)6-3-13-41-31(37)38/h7-10,19-22,47H,1-6,11-16,32H2,(H,42,48)(H,43,51)(H,44,49)(H,45,50)(H,46,52)(H,53,54)(H4,33,34,39)(H4,35,36,40)(H4,37,38,41)/t19-,20-,21-,22-/m0/s1. The van der Waals surface area contributed by atoms with Crippen molar-refractivity contribution >= 4 is 53.4 Å². The number of aliphatic carboxylic acids is 1. The van der Waals surface area contributed by atoms with Crippen molar-refractivity contribution < 1.29 is 39.0 Å². The summed E-state index contributed by atoms with van der Waals surface area (Å²) in [5.74, 6) is -5.57. The fraction of sp³-hybridized carbons (Fsp3) is 0.516. The van der Waals surface area contributed by atoms with E-state index < -0.39 is 72.8 Å². The van der Waals surface area contributed by atoms with Gasteiger partial charge < -0.3 is 76.9 Å². The van der Waals surface area contributed by atoms with E-state index in [4.69, 9.17) is 40.1 Å². The summed E-state index contributed by atoms with van der Waals surface area (Å²) >= 11 is 0. The number of rotatable bonds is 25.